The van der Waals surface area contributed by atoms with Gasteiger partial charge in [0.1, 0.15) is 18.1 Å². The summed E-state index contributed by atoms with van der Waals surface area (Å²) in [7, 11) is 1.83. The number of halogens is 3. The second-order valence-electron chi connectivity index (χ2n) is 7.69. The van der Waals surface area contributed by atoms with E-state index in [4.69, 9.17) is 10.5 Å². The maximum atomic E-state index is 13.6. The van der Waals surface area contributed by atoms with E-state index in [1.54, 1.807) is 31.3 Å². The largest absolute Gasteiger partial charge is 0.475 e. The molecule has 3 aromatic heterocycles. The number of hydrogen-bond acceptors (Lipinski definition) is 8. The van der Waals surface area contributed by atoms with Gasteiger partial charge in [0.2, 0.25) is 11.8 Å². The monoisotopic (exact) mass is 481 g/mol. The van der Waals surface area contributed by atoms with E-state index in [0.29, 0.717) is 40.4 Å². The Morgan fingerprint density at radius 1 is 1.03 bits per heavy atom. The lowest BCUT2D eigenvalue weighted by atomic mass is 9.99. The summed E-state index contributed by atoms with van der Waals surface area (Å²) >= 11 is 0. The minimum absolute atomic E-state index is 0.0785. The van der Waals surface area contributed by atoms with Crippen LogP contribution in [0.1, 0.15) is 17.8 Å². The first-order valence-corrected chi connectivity index (χ1v) is 10.6. The molecule has 8 nitrogen and oxygen atoms in total. The molecule has 0 radical (unpaired) electrons. The number of aromatic nitrogens is 5. The van der Waals surface area contributed by atoms with Crippen molar-refractivity contribution in [1.29, 1.82) is 0 Å². The molecule has 4 aromatic rings. The van der Waals surface area contributed by atoms with Gasteiger partial charge >= 0.3 is 0 Å². The van der Waals surface area contributed by atoms with Gasteiger partial charge in [-0.1, -0.05) is 0 Å². The van der Waals surface area contributed by atoms with E-state index in [2.05, 4.69) is 25.1 Å². The zero-order chi connectivity index (χ0) is 24.9. The van der Waals surface area contributed by atoms with Crippen LogP contribution in [-0.2, 0) is 0 Å². The summed E-state index contributed by atoms with van der Waals surface area (Å²) in [5, 5.41) is 7.90. The van der Waals surface area contributed by atoms with Crippen molar-refractivity contribution >= 4 is 11.8 Å². The first-order chi connectivity index (χ1) is 16.8. The molecule has 0 aliphatic rings. The molecule has 180 valence electrons. The quantitative estimate of drug-likeness (QED) is 0.393. The molecule has 0 saturated carbocycles. The van der Waals surface area contributed by atoms with Crippen LogP contribution in [0.5, 0.6) is 5.88 Å². The molecule has 2 N–H and O–H groups in total. The number of anilines is 2. The molecule has 0 atom stereocenters. The Hall–Kier alpha value is -4.28. The smallest absolute Gasteiger partial charge is 0.280 e. The second-order valence-corrected chi connectivity index (χ2v) is 7.69. The molecule has 11 heteroatoms. The fourth-order valence-electron chi connectivity index (χ4n) is 3.48. The van der Waals surface area contributed by atoms with Crippen molar-refractivity contribution in [3.8, 4) is 28.3 Å². The summed E-state index contributed by atoms with van der Waals surface area (Å²) in [6, 6.07) is 12.1. The molecule has 0 saturated heterocycles. The summed E-state index contributed by atoms with van der Waals surface area (Å²) in [4.78, 5) is 14.3. The molecular formula is C24H22F3N7O. The zero-order valence-electron chi connectivity index (χ0n) is 19.0. The Morgan fingerprint density at radius 3 is 2.49 bits per heavy atom. The predicted molar refractivity (Wildman–Crippen MR) is 126 cm³/mol. The molecule has 0 aliphatic heterocycles. The topological polar surface area (TPSA) is 103 Å². The second kappa shape index (κ2) is 10.3. The molecular weight excluding hydrogens is 459 g/mol. The van der Waals surface area contributed by atoms with Crippen LogP contribution in [0, 0.1) is 12.7 Å². The fraction of sp³-hybridized carbons (Fsp3) is 0.208. The number of nitrogens with zero attached hydrogens (tertiary/aromatic N) is 6. The van der Waals surface area contributed by atoms with Gasteiger partial charge in [-0.25, -0.2) is 18.2 Å². The molecule has 0 aliphatic carbocycles. The third-order valence-electron chi connectivity index (χ3n) is 5.11. The number of pyridine rings is 1. The number of hydrogen-bond donors (Lipinski definition) is 1. The molecule has 0 bridgehead atoms. The first kappa shape index (κ1) is 23.9. The molecule has 0 amide bonds. The van der Waals surface area contributed by atoms with E-state index in [9.17, 15) is 13.2 Å². The van der Waals surface area contributed by atoms with E-state index in [0.717, 1.165) is 0 Å². The maximum Gasteiger partial charge on any atom is 0.280 e. The van der Waals surface area contributed by atoms with E-state index in [-0.39, 0.29) is 18.4 Å². The molecule has 4 rings (SSSR count). The normalized spacial score (nSPS) is 11.0. The Balaban J connectivity index is 1.76. The lowest BCUT2D eigenvalue weighted by Gasteiger charge is -2.19. The fourth-order valence-corrected chi connectivity index (χ4v) is 3.48. The summed E-state index contributed by atoms with van der Waals surface area (Å²) in [6.45, 7) is 2.21. The average molecular weight is 481 g/mol. The van der Waals surface area contributed by atoms with Crippen LogP contribution in [0.4, 0.5) is 24.9 Å². The Labute approximate surface area is 199 Å². The highest BCUT2D eigenvalue weighted by Crippen LogP contribution is 2.39. The highest BCUT2D eigenvalue weighted by atomic mass is 19.3. The zero-order valence-corrected chi connectivity index (χ0v) is 19.0. The lowest BCUT2D eigenvalue weighted by Crippen LogP contribution is -2.25. The van der Waals surface area contributed by atoms with Crippen LogP contribution >= 0.6 is 0 Å². The van der Waals surface area contributed by atoms with Gasteiger partial charge in [0.15, 0.2) is 5.82 Å². The number of ether oxygens (including phenoxy) is 1. The number of aryl methyl sites for hydroxylation is 1. The summed E-state index contributed by atoms with van der Waals surface area (Å²) < 4.78 is 46.6. The van der Waals surface area contributed by atoms with Crippen molar-refractivity contribution < 1.29 is 17.9 Å². The van der Waals surface area contributed by atoms with Crippen molar-refractivity contribution in [1.82, 2.24) is 25.1 Å². The molecule has 35 heavy (non-hydrogen) atoms. The predicted octanol–water partition coefficient (Wildman–Crippen LogP) is 4.48. The molecule has 3 heterocycles. The Bertz CT molecular complexity index is 1300. The van der Waals surface area contributed by atoms with E-state index < -0.39 is 17.9 Å². The summed E-state index contributed by atoms with van der Waals surface area (Å²) in [6.07, 6.45) is -1.20. The molecule has 0 fully saturated rings. The van der Waals surface area contributed by atoms with Gasteiger partial charge in [0, 0.05) is 24.5 Å². The SMILES string of the molecule is Cc1cc(-c2c(OCCN(C)c3cccnn3)nc(N)nc2-c2ccc(F)cc2)cc(C(F)F)n1. The third-order valence-corrected chi connectivity index (χ3v) is 5.11. The Kier molecular flexibility index (Phi) is 7.04. The van der Waals surface area contributed by atoms with Gasteiger partial charge in [0.05, 0.1) is 17.8 Å². The number of nitrogen functional groups attached to an aromatic ring is 1. The van der Waals surface area contributed by atoms with E-state index in [1.165, 1.54) is 30.3 Å². The minimum Gasteiger partial charge on any atom is -0.475 e. The van der Waals surface area contributed by atoms with Gasteiger partial charge in [0.25, 0.3) is 6.43 Å². The van der Waals surface area contributed by atoms with Crippen molar-refractivity contribution in [2.45, 2.75) is 13.3 Å². The molecule has 1 aromatic carbocycles. The van der Waals surface area contributed by atoms with Crippen LogP contribution in [0.15, 0.2) is 54.7 Å². The summed E-state index contributed by atoms with van der Waals surface area (Å²) in [5.74, 6) is 0.248. The minimum atomic E-state index is -2.78. The highest BCUT2D eigenvalue weighted by molar-refractivity contribution is 5.85. The average Bonchev–Trinajstić information content (AvgIpc) is 2.84. The first-order valence-electron chi connectivity index (χ1n) is 10.6. The van der Waals surface area contributed by atoms with Crippen molar-refractivity contribution in [3.63, 3.8) is 0 Å². The Morgan fingerprint density at radius 2 is 1.80 bits per heavy atom. The molecule has 0 unspecified atom stereocenters. The van der Waals surface area contributed by atoms with Gasteiger partial charge in [-0.15, -0.1) is 5.10 Å². The standard InChI is InChI=1S/C24H22F3N7O/c1-14-12-16(13-18(30-14)22(26)27)20-21(15-5-7-17(25)8-6-15)31-24(28)32-23(20)35-11-10-34(2)19-4-3-9-29-33-19/h3-9,12-13,22H,10-11H2,1-2H3,(H2,28,31,32). The number of likely N-dealkylation sites (N-methyl/N-ethyl adjacent to an activating group) is 1. The van der Waals surface area contributed by atoms with Crippen LogP contribution in [0.25, 0.3) is 22.4 Å². The van der Waals surface area contributed by atoms with Crippen LogP contribution in [0.3, 0.4) is 0 Å². The van der Waals surface area contributed by atoms with Gasteiger partial charge < -0.3 is 15.4 Å². The van der Waals surface area contributed by atoms with Crippen LogP contribution in [-0.4, -0.2) is 45.3 Å². The lowest BCUT2D eigenvalue weighted by molar-refractivity contribution is 0.146. The van der Waals surface area contributed by atoms with Crippen molar-refractivity contribution in [2.24, 2.45) is 0 Å². The molecule has 0 spiro atoms. The third kappa shape index (κ3) is 5.62. The van der Waals surface area contributed by atoms with E-state index in [1.807, 2.05) is 11.9 Å². The van der Waals surface area contributed by atoms with Gasteiger partial charge in [-0.05, 0) is 61.0 Å². The van der Waals surface area contributed by atoms with Crippen molar-refractivity contribution in [2.75, 3.05) is 30.8 Å². The maximum absolute atomic E-state index is 13.6. The van der Waals surface area contributed by atoms with Crippen molar-refractivity contribution in [3.05, 3.63) is 71.9 Å². The van der Waals surface area contributed by atoms with Gasteiger partial charge in [-0.3, -0.25) is 4.98 Å². The highest BCUT2D eigenvalue weighted by Gasteiger charge is 2.21. The summed E-state index contributed by atoms with van der Waals surface area (Å²) in [5.41, 5.74) is 7.52. The number of benzene rings is 1. The number of alkyl halides is 2. The van der Waals surface area contributed by atoms with E-state index >= 15 is 0 Å². The number of nitrogens with two attached hydrogens (primary N) is 1. The van der Waals surface area contributed by atoms with Crippen LogP contribution < -0.4 is 15.4 Å². The van der Waals surface area contributed by atoms with Gasteiger partial charge in [-0.2, -0.15) is 10.1 Å². The van der Waals surface area contributed by atoms with Crippen LogP contribution in [0.2, 0.25) is 0 Å². The number of rotatable bonds is 8.